The number of fused-ring (bicyclic) bond motifs is 1. The van der Waals surface area contributed by atoms with Gasteiger partial charge in [0, 0.05) is 42.3 Å². The molecule has 0 saturated carbocycles. The van der Waals surface area contributed by atoms with E-state index in [0.29, 0.717) is 12.0 Å². The third kappa shape index (κ3) is 3.97. The number of carbonyl (C=O) groups is 1. The lowest BCUT2D eigenvalue weighted by molar-refractivity contribution is -0.384. The van der Waals surface area contributed by atoms with Gasteiger partial charge in [0.25, 0.3) is 5.69 Å². The minimum atomic E-state index is -0.435. The highest BCUT2D eigenvalue weighted by Crippen LogP contribution is 2.24. The second-order valence-electron chi connectivity index (χ2n) is 6.51. The summed E-state index contributed by atoms with van der Waals surface area (Å²) < 4.78 is 5.72. The van der Waals surface area contributed by atoms with Crippen molar-refractivity contribution in [2.24, 2.45) is 0 Å². The number of hydrogen-bond donors (Lipinski definition) is 2. The van der Waals surface area contributed by atoms with Gasteiger partial charge in [-0.3, -0.25) is 14.9 Å². The standard InChI is InChI=1S/C17H22N4O4/c1-11(16-10-20(2)5-6-25-16)19-17(22)7-12-9-18-15-4-3-13(21(23)24)8-14(12)15/h3-4,8-9,11,16,18H,5-7,10H2,1-2H3,(H,19,22)/t11-,16-/m0/s1. The lowest BCUT2D eigenvalue weighted by Gasteiger charge is -2.33. The lowest BCUT2D eigenvalue weighted by Crippen LogP contribution is -2.51. The molecule has 0 bridgehead atoms. The molecular weight excluding hydrogens is 324 g/mol. The monoisotopic (exact) mass is 346 g/mol. The van der Waals surface area contributed by atoms with E-state index < -0.39 is 4.92 Å². The minimum absolute atomic E-state index is 0.0146. The molecule has 1 aliphatic heterocycles. The Bertz CT molecular complexity index is 788. The van der Waals surface area contributed by atoms with Gasteiger partial charge in [-0.05, 0) is 25.6 Å². The van der Waals surface area contributed by atoms with Crippen LogP contribution in [0.2, 0.25) is 0 Å². The van der Waals surface area contributed by atoms with Crippen LogP contribution < -0.4 is 5.32 Å². The van der Waals surface area contributed by atoms with E-state index >= 15 is 0 Å². The van der Waals surface area contributed by atoms with E-state index in [-0.39, 0.29) is 30.2 Å². The summed E-state index contributed by atoms with van der Waals surface area (Å²) in [6.45, 7) is 4.27. The average molecular weight is 346 g/mol. The van der Waals surface area contributed by atoms with Crippen LogP contribution in [0.15, 0.2) is 24.4 Å². The second-order valence-corrected chi connectivity index (χ2v) is 6.51. The molecule has 8 heteroatoms. The fourth-order valence-electron chi connectivity index (χ4n) is 3.11. The number of amides is 1. The Balaban J connectivity index is 1.67. The number of carbonyl (C=O) groups excluding carboxylic acids is 1. The van der Waals surface area contributed by atoms with Crippen LogP contribution in [0.4, 0.5) is 5.69 Å². The van der Waals surface area contributed by atoms with Gasteiger partial charge in [-0.15, -0.1) is 0 Å². The summed E-state index contributed by atoms with van der Waals surface area (Å²) in [5.41, 5.74) is 1.53. The molecule has 25 heavy (non-hydrogen) atoms. The van der Waals surface area contributed by atoms with E-state index in [2.05, 4.69) is 15.2 Å². The number of aromatic amines is 1. The predicted octanol–water partition coefficient (Wildman–Crippen LogP) is 1.45. The van der Waals surface area contributed by atoms with Gasteiger partial charge in [0.1, 0.15) is 0 Å². The molecule has 2 N–H and O–H groups in total. The lowest BCUT2D eigenvalue weighted by atomic mass is 10.1. The van der Waals surface area contributed by atoms with Crippen molar-refractivity contribution in [3.63, 3.8) is 0 Å². The fraction of sp³-hybridized carbons (Fsp3) is 0.471. The highest BCUT2D eigenvalue weighted by Gasteiger charge is 2.25. The van der Waals surface area contributed by atoms with Crippen LogP contribution in [0, 0.1) is 10.1 Å². The SMILES string of the molecule is C[C@H](NC(=O)Cc1c[nH]c2ccc([N+](=O)[O-])cc12)[C@@H]1CN(C)CCO1. The van der Waals surface area contributed by atoms with Gasteiger partial charge in [0.2, 0.25) is 5.91 Å². The number of morpholine rings is 1. The number of nitrogens with one attached hydrogen (secondary N) is 2. The Morgan fingerprint density at radius 1 is 1.56 bits per heavy atom. The maximum Gasteiger partial charge on any atom is 0.270 e. The van der Waals surface area contributed by atoms with Crippen molar-refractivity contribution < 1.29 is 14.5 Å². The molecule has 0 unspecified atom stereocenters. The molecule has 1 aromatic heterocycles. The molecule has 2 atom stereocenters. The van der Waals surface area contributed by atoms with Crippen molar-refractivity contribution in [1.29, 1.82) is 0 Å². The van der Waals surface area contributed by atoms with Gasteiger partial charge in [0.15, 0.2) is 0 Å². The van der Waals surface area contributed by atoms with E-state index in [0.717, 1.165) is 24.2 Å². The Labute approximate surface area is 145 Å². The molecule has 3 rings (SSSR count). The van der Waals surface area contributed by atoms with Crippen LogP contribution in [-0.2, 0) is 16.0 Å². The van der Waals surface area contributed by atoms with Gasteiger partial charge in [-0.25, -0.2) is 0 Å². The van der Waals surface area contributed by atoms with E-state index in [1.54, 1.807) is 12.3 Å². The number of rotatable bonds is 5. The maximum absolute atomic E-state index is 12.4. The molecule has 1 aliphatic rings. The zero-order valence-electron chi connectivity index (χ0n) is 14.3. The molecule has 1 amide bonds. The number of hydrogen-bond acceptors (Lipinski definition) is 5. The zero-order valence-corrected chi connectivity index (χ0v) is 14.3. The first-order chi connectivity index (χ1) is 11.9. The van der Waals surface area contributed by atoms with Crippen LogP contribution in [0.3, 0.4) is 0 Å². The molecular formula is C17H22N4O4. The highest BCUT2D eigenvalue weighted by atomic mass is 16.6. The van der Waals surface area contributed by atoms with Crippen LogP contribution in [0.5, 0.6) is 0 Å². The summed E-state index contributed by atoms with van der Waals surface area (Å²) in [6, 6.07) is 4.50. The Hall–Kier alpha value is -2.45. The summed E-state index contributed by atoms with van der Waals surface area (Å²) >= 11 is 0. The number of non-ortho nitro benzene ring substituents is 1. The quantitative estimate of drug-likeness (QED) is 0.630. The highest BCUT2D eigenvalue weighted by molar-refractivity contribution is 5.90. The van der Waals surface area contributed by atoms with Crippen molar-refractivity contribution in [3.8, 4) is 0 Å². The first-order valence-electron chi connectivity index (χ1n) is 8.28. The molecule has 1 aromatic carbocycles. The van der Waals surface area contributed by atoms with E-state index in [9.17, 15) is 14.9 Å². The van der Waals surface area contributed by atoms with Gasteiger partial charge < -0.3 is 19.9 Å². The largest absolute Gasteiger partial charge is 0.373 e. The molecule has 134 valence electrons. The van der Waals surface area contributed by atoms with Crippen molar-refractivity contribution >= 4 is 22.5 Å². The number of nitro benzene ring substituents is 1. The van der Waals surface area contributed by atoms with Crippen molar-refractivity contribution in [2.45, 2.75) is 25.5 Å². The molecule has 0 spiro atoms. The summed E-state index contributed by atoms with van der Waals surface area (Å²) in [6.07, 6.45) is 1.85. The Morgan fingerprint density at radius 2 is 2.36 bits per heavy atom. The normalized spacial score (nSPS) is 19.7. The molecule has 0 aliphatic carbocycles. The molecule has 1 saturated heterocycles. The molecule has 2 aromatic rings. The zero-order chi connectivity index (χ0) is 18.0. The summed E-state index contributed by atoms with van der Waals surface area (Å²) in [5, 5.41) is 14.6. The van der Waals surface area contributed by atoms with Crippen LogP contribution in [-0.4, -0.2) is 59.6 Å². The number of benzene rings is 1. The third-order valence-corrected chi connectivity index (χ3v) is 4.56. The Morgan fingerprint density at radius 3 is 3.08 bits per heavy atom. The smallest absolute Gasteiger partial charge is 0.270 e. The van der Waals surface area contributed by atoms with Crippen molar-refractivity contribution in [1.82, 2.24) is 15.2 Å². The summed E-state index contributed by atoms with van der Waals surface area (Å²) in [4.78, 5) is 28.1. The van der Waals surface area contributed by atoms with Crippen LogP contribution in [0.25, 0.3) is 10.9 Å². The first kappa shape index (κ1) is 17.4. The number of H-pyrrole nitrogens is 1. The maximum atomic E-state index is 12.4. The third-order valence-electron chi connectivity index (χ3n) is 4.56. The van der Waals surface area contributed by atoms with Gasteiger partial charge in [-0.1, -0.05) is 0 Å². The van der Waals surface area contributed by atoms with Gasteiger partial charge in [-0.2, -0.15) is 0 Å². The van der Waals surface area contributed by atoms with Gasteiger partial charge in [0.05, 0.1) is 30.1 Å². The summed E-state index contributed by atoms with van der Waals surface area (Å²) in [7, 11) is 2.03. The van der Waals surface area contributed by atoms with E-state index in [1.807, 2.05) is 14.0 Å². The van der Waals surface area contributed by atoms with Gasteiger partial charge >= 0.3 is 0 Å². The average Bonchev–Trinajstić information content (AvgIpc) is 2.96. The number of ether oxygens (including phenoxy) is 1. The number of nitrogens with zero attached hydrogens (tertiary/aromatic N) is 2. The molecule has 8 nitrogen and oxygen atoms in total. The summed E-state index contributed by atoms with van der Waals surface area (Å²) in [5.74, 6) is -0.128. The first-order valence-corrected chi connectivity index (χ1v) is 8.28. The second kappa shape index (κ2) is 7.20. The van der Waals surface area contributed by atoms with Crippen molar-refractivity contribution in [2.75, 3.05) is 26.7 Å². The molecule has 0 radical (unpaired) electrons. The molecule has 2 heterocycles. The number of aromatic nitrogens is 1. The van der Waals surface area contributed by atoms with Crippen LogP contribution >= 0.6 is 0 Å². The van der Waals surface area contributed by atoms with Crippen molar-refractivity contribution in [3.05, 3.63) is 40.1 Å². The Kier molecular flexibility index (Phi) is 5.00. The van der Waals surface area contributed by atoms with E-state index in [1.165, 1.54) is 12.1 Å². The fourth-order valence-corrected chi connectivity index (χ4v) is 3.11. The van der Waals surface area contributed by atoms with E-state index in [4.69, 9.17) is 4.74 Å². The number of likely N-dealkylation sites (N-methyl/N-ethyl adjacent to an activating group) is 1. The topological polar surface area (TPSA) is 100 Å². The number of nitro groups is 1. The molecule has 1 fully saturated rings. The van der Waals surface area contributed by atoms with Crippen LogP contribution in [0.1, 0.15) is 12.5 Å². The minimum Gasteiger partial charge on any atom is -0.373 e. The predicted molar refractivity (Wildman–Crippen MR) is 93.5 cm³/mol.